The third-order valence-corrected chi connectivity index (χ3v) is 3.92. The van der Waals surface area contributed by atoms with Crippen molar-refractivity contribution in [3.05, 3.63) is 70.7 Å². The van der Waals surface area contributed by atoms with Gasteiger partial charge in [-0.15, -0.1) is 0 Å². The van der Waals surface area contributed by atoms with Crippen molar-refractivity contribution in [1.29, 1.82) is 0 Å². The van der Waals surface area contributed by atoms with Crippen LogP contribution in [0.2, 0.25) is 5.02 Å². The molecule has 0 heterocycles. The zero-order valence-electron chi connectivity index (χ0n) is 12.7. The SMILES string of the molecule is CCCNCC(Cc1ccccc1)Cc1ccc(Cl)cc1. The Morgan fingerprint density at radius 1 is 0.905 bits per heavy atom. The molecule has 2 rings (SSSR count). The van der Waals surface area contributed by atoms with Gasteiger partial charge in [0.15, 0.2) is 0 Å². The average molecular weight is 302 g/mol. The van der Waals surface area contributed by atoms with E-state index in [1.165, 1.54) is 17.5 Å². The predicted octanol–water partition coefficient (Wildman–Crippen LogP) is 4.74. The summed E-state index contributed by atoms with van der Waals surface area (Å²) in [5.41, 5.74) is 2.77. The largest absolute Gasteiger partial charge is 0.316 e. The summed E-state index contributed by atoms with van der Waals surface area (Å²) in [5.74, 6) is 0.611. The number of nitrogens with one attached hydrogen (secondary N) is 1. The van der Waals surface area contributed by atoms with Crippen molar-refractivity contribution < 1.29 is 0 Å². The molecule has 0 aromatic heterocycles. The molecule has 0 saturated carbocycles. The summed E-state index contributed by atoms with van der Waals surface area (Å²) in [6, 6.07) is 19.0. The Balaban J connectivity index is 1.99. The highest BCUT2D eigenvalue weighted by Gasteiger charge is 2.10. The Kier molecular flexibility index (Phi) is 6.78. The van der Waals surface area contributed by atoms with E-state index in [2.05, 4.69) is 54.7 Å². The van der Waals surface area contributed by atoms with E-state index in [0.29, 0.717) is 5.92 Å². The highest BCUT2D eigenvalue weighted by atomic mass is 35.5. The molecule has 1 unspecified atom stereocenters. The zero-order valence-corrected chi connectivity index (χ0v) is 13.4. The molecule has 1 N–H and O–H groups in total. The van der Waals surface area contributed by atoms with E-state index in [9.17, 15) is 0 Å². The minimum absolute atomic E-state index is 0.611. The molecule has 0 fully saturated rings. The first-order valence-corrected chi connectivity index (χ1v) is 8.15. The maximum absolute atomic E-state index is 5.97. The van der Waals surface area contributed by atoms with Crippen LogP contribution in [-0.4, -0.2) is 13.1 Å². The summed E-state index contributed by atoms with van der Waals surface area (Å²) < 4.78 is 0. The van der Waals surface area contributed by atoms with Crippen LogP contribution >= 0.6 is 11.6 Å². The van der Waals surface area contributed by atoms with Gasteiger partial charge in [0.25, 0.3) is 0 Å². The first-order valence-electron chi connectivity index (χ1n) is 7.77. The monoisotopic (exact) mass is 301 g/mol. The van der Waals surface area contributed by atoms with Gasteiger partial charge in [0.05, 0.1) is 0 Å². The molecule has 2 aromatic rings. The maximum Gasteiger partial charge on any atom is 0.0406 e. The van der Waals surface area contributed by atoms with Gasteiger partial charge in [-0.1, -0.05) is 61.0 Å². The van der Waals surface area contributed by atoms with Gasteiger partial charge in [-0.25, -0.2) is 0 Å². The van der Waals surface area contributed by atoms with E-state index in [1.54, 1.807) is 0 Å². The number of rotatable bonds is 8. The van der Waals surface area contributed by atoms with Crippen molar-refractivity contribution in [1.82, 2.24) is 5.32 Å². The first kappa shape index (κ1) is 16.1. The van der Waals surface area contributed by atoms with Gasteiger partial charge in [-0.05, 0) is 61.5 Å². The van der Waals surface area contributed by atoms with Crippen molar-refractivity contribution in [2.75, 3.05) is 13.1 Å². The molecular weight excluding hydrogens is 278 g/mol. The Hall–Kier alpha value is -1.31. The molecule has 0 aliphatic heterocycles. The van der Waals surface area contributed by atoms with Crippen LogP contribution in [0, 0.1) is 5.92 Å². The van der Waals surface area contributed by atoms with Crippen LogP contribution in [0.5, 0.6) is 0 Å². The summed E-state index contributed by atoms with van der Waals surface area (Å²) in [7, 11) is 0. The molecule has 0 radical (unpaired) electrons. The van der Waals surface area contributed by atoms with Crippen LogP contribution in [0.25, 0.3) is 0 Å². The minimum Gasteiger partial charge on any atom is -0.316 e. The number of halogens is 1. The van der Waals surface area contributed by atoms with Crippen LogP contribution in [0.3, 0.4) is 0 Å². The molecular formula is C19H24ClN. The van der Waals surface area contributed by atoms with Crippen LogP contribution in [0.15, 0.2) is 54.6 Å². The van der Waals surface area contributed by atoms with Gasteiger partial charge >= 0.3 is 0 Å². The molecule has 0 aliphatic carbocycles. The lowest BCUT2D eigenvalue weighted by Crippen LogP contribution is -2.26. The fourth-order valence-corrected chi connectivity index (χ4v) is 2.73. The van der Waals surface area contributed by atoms with Crippen LogP contribution in [0.1, 0.15) is 24.5 Å². The van der Waals surface area contributed by atoms with E-state index in [4.69, 9.17) is 11.6 Å². The summed E-state index contributed by atoms with van der Waals surface area (Å²) in [6.07, 6.45) is 3.38. The molecule has 0 amide bonds. The van der Waals surface area contributed by atoms with Gasteiger partial charge in [0.2, 0.25) is 0 Å². The minimum atomic E-state index is 0.611. The average Bonchev–Trinajstić information content (AvgIpc) is 2.51. The smallest absolute Gasteiger partial charge is 0.0406 e. The van der Waals surface area contributed by atoms with Crippen molar-refractivity contribution in [2.45, 2.75) is 26.2 Å². The third-order valence-electron chi connectivity index (χ3n) is 3.66. The molecule has 0 aliphatic rings. The van der Waals surface area contributed by atoms with E-state index >= 15 is 0 Å². The van der Waals surface area contributed by atoms with Gasteiger partial charge in [0.1, 0.15) is 0 Å². The van der Waals surface area contributed by atoms with E-state index in [1.807, 2.05) is 12.1 Å². The molecule has 1 atom stereocenters. The summed E-state index contributed by atoms with van der Waals surface area (Å²) in [4.78, 5) is 0. The Morgan fingerprint density at radius 3 is 2.14 bits per heavy atom. The molecule has 0 spiro atoms. The first-order chi connectivity index (χ1) is 10.3. The van der Waals surface area contributed by atoms with Gasteiger partial charge in [-0.2, -0.15) is 0 Å². The molecule has 0 saturated heterocycles. The standard InChI is InChI=1S/C19H24ClN/c1-2-12-21-15-18(13-16-6-4-3-5-7-16)14-17-8-10-19(20)11-9-17/h3-11,18,21H,2,12-15H2,1H3. The topological polar surface area (TPSA) is 12.0 Å². The van der Waals surface area contributed by atoms with Crippen molar-refractivity contribution in [3.8, 4) is 0 Å². The van der Waals surface area contributed by atoms with E-state index in [0.717, 1.165) is 31.0 Å². The highest BCUT2D eigenvalue weighted by molar-refractivity contribution is 6.30. The second-order valence-corrected chi connectivity index (χ2v) is 6.03. The highest BCUT2D eigenvalue weighted by Crippen LogP contribution is 2.16. The normalized spacial score (nSPS) is 12.3. The second kappa shape index (κ2) is 8.86. The Morgan fingerprint density at radius 2 is 1.52 bits per heavy atom. The third kappa shape index (κ3) is 5.91. The summed E-state index contributed by atoms with van der Waals surface area (Å²) >= 11 is 5.97. The van der Waals surface area contributed by atoms with Crippen LogP contribution in [0.4, 0.5) is 0 Å². The fourth-order valence-electron chi connectivity index (χ4n) is 2.60. The molecule has 2 heteroatoms. The second-order valence-electron chi connectivity index (χ2n) is 5.59. The molecule has 112 valence electrons. The van der Waals surface area contributed by atoms with Gasteiger partial charge in [0, 0.05) is 5.02 Å². The van der Waals surface area contributed by atoms with Crippen molar-refractivity contribution >= 4 is 11.6 Å². The summed E-state index contributed by atoms with van der Waals surface area (Å²) in [5, 5.41) is 4.37. The van der Waals surface area contributed by atoms with E-state index < -0.39 is 0 Å². The number of hydrogen-bond acceptors (Lipinski definition) is 1. The molecule has 21 heavy (non-hydrogen) atoms. The van der Waals surface area contributed by atoms with Gasteiger partial charge < -0.3 is 5.32 Å². The van der Waals surface area contributed by atoms with Gasteiger partial charge in [-0.3, -0.25) is 0 Å². The summed E-state index contributed by atoms with van der Waals surface area (Å²) in [6.45, 7) is 4.36. The lowest BCUT2D eigenvalue weighted by molar-refractivity contribution is 0.471. The van der Waals surface area contributed by atoms with Crippen LogP contribution < -0.4 is 5.32 Å². The molecule has 0 bridgehead atoms. The van der Waals surface area contributed by atoms with Crippen LogP contribution in [-0.2, 0) is 12.8 Å². The van der Waals surface area contributed by atoms with Crippen molar-refractivity contribution in [3.63, 3.8) is 0 Å². The molecule has 1 nitrogen and oxygen atoms in total. The van der Waals surface area contributed by atoms with Crippen molar-refractivity contribution in [2.24, 2.45) is 5.92 Å². The number of benzene rings is 2. The number of hydrogen-bond donors (Lipinski definition) is 1. The lowest BCUT2D eigenvalue weighted by Gasteiger charge is -2.18. The Labute approximate surface area is 133 Å². The molecule has 2 aromatic carbocycles. The fraction of sp³-hybridized carbons (Fsp3) is 0.368. The van der Waals surface area contributed by atoms with E-state index in [-0.39, 0.29) is 0 Å². The predicted molar refractivity (Wildman–Crippen MR) is 92.0 cm³/mol. The maximum atomic E-state index is 5.97. The Bertz CT molecular complexity index is 507. The lowest BCUT2D eigenvalue weighted by atomic mass is 9.92. The quantitative estimate of drug-likeness (QED) is 0.694. The zero-order chi connectivity index (χ0) is 14.9.